The number of carbonyl (C=O) groups excluding carboxylic acids is 1. The Bertz CT molecular complexity index is 786. The van der Waals surface area contributed by atoms with Crippen molar-refractivity contribution in [3.8, 4) is 5.75 Å². The van der Waals surface area contributed by atoms with E-state index < -0.39 is 35.0 Å². The van der Waals surface area contributed by atoms with Crippen LogP contribution in [-0.2, 0) is 6.18 Å². The van der Waals surface area contributed by atoms with Crippen molar-refractivity contribution >= 4 is 11.6 Å². The normalized spacial score (nSPS) is 10.6. The fourth-order valence-electron chi connectivity index (χ4n) is 1.68. The van der Waals surface area contributed by atoms with Crippen LogP contribution in [0.5, 0.6) is 5.75 Å². The molecule has 0 spiro atoms. The minimum atomic E-state index is -4.38. The molecule has 0 radical (unpaired) electrons. The first-order chi connectivity index (χ1) is 11.4. The number of hydrogen-bond donors (Lipinski definition) is 3. The molecule has 0 bridgehead atoms. The minimum absolute atomic E-state index is 0.0630. The van der Waals surface area contributed by atoms with Gasteiger partial charge in [-0.3, -0.25) is 4.79 Å². The van der Waals surface area contributed by atoms with E-state index in [1.54, 1.807) is 0 Å². The number of nitrogens with one attached hydrogen (secondary N) is 1. The molecule has 1 amide bonds. The first-order valence-electron chi connectivity index (χ1n) is 6.64. The van der Waals surface area contributed by atoms with Gasteiger partial charge in [0, 0.05) is 22.9 Å². The van der Waals surface area contributed by atoms with Gasteiger partial charge < -0.3 is 16.2 Å². The molecule has 0 unspecified atom stereocenters. The van der Waals surface area contributed by atoms with Crippen molar-refractivity contribution in [2.45, 2.75) is 13.1 Å². The van der Waals surface area contributed by atoms with E-state index in [1.165, 1.54) is 6.92 Å². The van der Waals surface area contributed by atoms with E-state index in [0.29, 0.717) is 6.07 Å². The van der Waals surface area contributed by atoms with Crippen LogP contribution < -0.4 is 5.73 Å². The Balaban J connectivity index is 0.000000251. The van der Waals surface area contributed by atoms with Gasteiger partial charge in [-0.1, -0.05) is 0 Å². The second-order valence-electron chi connectivity index (χ2n) is 4.85. The van der Waals surface area contributed by atoms with E-state index in [0.717, 1.165) is 30.3 Å². The van der Waals surface area contributed by atoms with Crippen LogP contribution in [0.2, 0.25) is 0 Å². The summed E-state index contributed by atoms with van der Waals surface area (Å²) in [5, 5.41) is 16.1. The fraction of sp³-hybridized carbons (Fsp3) is 0.125. The Hall–Kier alpha value is -2.97. The molecule has 2 aromatic rings. The number of alkyl halides is 3. The Morgan fingerprint density at radius 3 is 2.04 bits per heavy atom. The molecule has 0 aliphatic rings. The monoisotopic (exact) mass is 360 g/mol. The van der Waals surface area contributed by atoms with E-state index in [4.69, 9.17) is 16.2 Å². The first kappa shape index (κ1) is 20.1. The van der Waals surface area contributed by atoms with Crippen LogP contribution in [-0.4, -0.2) is 16.7 Å². The number of hydrogen-bond acceptors (Lipinski definition) is 3. The highest BCUT2D eigenvalue weighted by Crippen LogP contribution is 2.29. The molecular formula is C16H13F5N2O2. The predicted octanol–water partition coefficient (Wildman–Crippen LogP) is 3.86. The second-order valence-corrected chi connectivity index (χ2v) is 4.85. The molecule has 134 valence electrons. The Kier molecular flexibility index (Phi) is 6.21. The maximum Gasteiger partial charge on any atom is 0.416 e. The van der Waals surface area contributed by atoms with Gasteiger partial charge in [0.2, 0.25) is 5.91 Å². The number of amides is 1. The predicted molar refractivity (Wildman–Crippen MR) is 80.5 cm³/mol. The van der Waals surface area contributed by atoms with Crippen LogP contribution in [0.4, 0.5) is 22.0 Å². The van der Waals surface area contributed by atoms with Crippen LogP contribution >= 0.6 is 0 Å². The van der Waals surface area contributed by atoms with Gasteiger partial charge in [0.05, 0.1) is 5.56 Å². The Morgan fingerprint density at radius 2 is 1.64 bits per heavy atom. The summed E-state index contributed by atoms with van der Waals surface area (Å²) in [4.78, 5) is 10.5. The zero-order chi connectivity index (χ0) is 19.4. The number of phenols is 1. The smallest absolute Gasteiger partial charge is 0.416 e. The molecule has 0 atom stereocenters. The van der Waals surface area contributed by atoms with Gasteiger partial charge >= 0.3 is 6.18 Å². The molecule has 25 heavy (non-hydrogen) atoms. The first-order valence-corrected chi connectivity index (χ1v) is 6.64. The van der Waals surface area contributed by atoms with Gasteiger partial charge in [-0.2, -0.15) is 13.2 Å². The van der Waals surface area contributed by atoms with Gasteiger partial charge in [-0.25, -0.2) is 8.78 Å². The number of phenolic OH excluding ortho intramolecular Hbond substituents is 1. The van der Waals surface area contributed by atoms with E-state index in [2.05, 4.69) is 0 Å². The van der Waals surface area contributed by atoms with Gasteiger partial charge in [-0.05, 0) is 37.3 Å². The molecule has 4 N–H and O–H groups in total. The van der Waals surface area contributed by atoms with E-state index >= 15 is 0 Å². The van der Waals surface area contributed by atoms with Crippen LogP contribution in [0.3, 0.4) is 0 Å². The van der Waals surface area contributed by atoms with Crippen molar-refractivity contribution in [2.24, 2.45) is 5.73 Å². The zero-order valence-corrected chi connectivity index (χ0v) is 12.8. The number of nitrogens with two attached hydrogens (primary N) is 1. The number of carbonyl (C=O) groups is 1. The van der Waals surface area contributed by atoms with Crippen LogP contribution in [0.1, 0.15) is 28.4 Å². The number of primary amides is 1. The van der Waals surface area contributed by atoms with Crippen LogP contribution in [0, 0.1) is 17.0 Å². The Labute approximate surface area is 139 Å². The van der Waals surface area contributed by atoms with Crippen LogP contribution in [0.15, 0.2) is 36.4 Å². The lowest BCUT2D eigenvalue weighted by Gasteiger charge is -2.05. The number of aromatic hydroxyl groups is 1. The molecule has 0 saturated carbocycles. The summed E-state index contributed by atoms with van der Waals surface area (Å²) in [6, 6.07) is 5.22. The lowest BCUT2D eigenvalue weighted by atomic mass is 10.1. The third-order valence-electron chi connectivity index (χ3n) is 2.93. The highest BCUT2D eigenvalue weighted by molar-refractivity contribution is 5.98. The van der Waals surface area contributed by atoms with Crippen molar-refractivity contribution in [1.29, 1.82) is 5.41 Å². The molecule has 9 heteroatoms. The largest absolute Gasteiger partial charge is 0.504 e. The molecule has 0 saturated heterocycles. The maximum atomic E-state index is 12.6. The van der Waals surface area contributed by atoms with Crippen molar-refractivity contribution in [3.05, 3.63) is 64.7 Å². The second kappa shape index (κ2) is 7.73. The molecule has 0 aliphatic carbocycles. The van der Waals surface area contributed by atoms with Crippen molar-refractivity contribution in [2.75, 3.05) is 0 Å². The van der Waals surface area contributed by atoms with Crippen LogP contribution in [0.25, 0.3) is 0 Å². The summed E-state index contributed by atoms with van der Waals surface area (Å²) in [5.74, 6) is -3.26. The fourth-order valence-corrected chi connectivity index (χ4v) is 1.68. The zero-order valence-electron chi connectivity index (χ0n) is 12.8. The van der Waals surface area contributed by atoms with Crippen molar-refractivity contribution in [1.82, 2.24) is 0 Å². The summed E-state index contributed by atoms with van der Waals surface area (Å²) < 4.78 is 61.1. The molecule has 0 fully saturated rings. The summed E-state index contributed by atoms with van der Waals surface area (Å²) in [6.45, 7) is 1.34. The Morgan fingerprint density at radius 1 is 1.12 bits per heavy atom. The summed E-state index contributed by atoms with van der Waals surface area (Å²) in [6.07, 6.45) is -4.38. The quantitative estimate of drug-likeness (QED) is 0.561. The van der Waals surface area contributed by atoms with Crippen molar-refractivity contribution in [3.63, 3.8) is 0 Å². The molecule has 0 aliphatic heterocycles. The lowest BCUT2D eigenvalue weighted by molar-refractivity contribution is -0.137. The van der Waals surface area contributed by atoms with Gasteiger partial charge in [0.15, 0.2) is 11.6 Å². The SMILES string of the molecule is CC(=N)c1cc(F)cc(F)c1O.NC(=O)c1ccc(C(F)(F)F)cc1. The molecule has 0 aromatic heterocycles. The topological polar surface area (TPSA) is 87.2 Å². The number of halogens is 5. The highest BCUT2D eigenvalue weighted by Gasteiger charge is 2.30. The number of benzene rings is 2. The molecule has 4 nitrogen and oxygen atoms in total. The van der Waals surface area contributed by atoms with Gasteiger partial charge in [0.1, 0.15) is 5.82 Å². The maximum absolute atomic E-state index is 12.6. The molecule has 2 rings (SSSR count). The third-order valence-corrected chi connectivity index (χ3v) is 2.93. The molecule has 2 aromatic carbocycles. The highest BCUT2D eigenvalue weighted by atomic mass is 19.4. The molecular weight excluding hydrogens is 347 g/mol. The molecule has 0 heterocycles. The van der Waals surface area contributed by atoms with Crippen molar-refractivity contribution < 1.29 is 31.9 Å². The minimum Gasteiger partial charge on any atom is -0.504 e. The van der Waals surface area contributed by atoms with Gasteiger partial charge in [-0.15, -0.1) is 0 Å². The summed E-state index contributed by atoms with van der Waals surface area (Å²) in [5.41, 5.74) is 3.93. The lowest BCUT2D eigenvalue weighted by Crippen LogP contribution is -2.11. The van der Waals surface area contributed by atoms with E-state index in [1.807, 2.05) is 0 Å². The average Bonchev–Trinajstić information content (AvgIpc) is 2.50. The number of rotatable bonds is 2. The van der Waals surface area contributed by atoms with Gasteiger partial charge in [0.25, 0.3) is 0 Å². The van der Waals surface area contributed by atoms with E-state index in [9.17, 15) is 26.7 Å². The van der Waals surface area contributed by atoms with E-state index in [-0.39, 0.29) is 16.8 Å². The summed E-state index contributed by atoms with van der Waals surface area (Å²) >= 11 is 0. The average molecular weight is 360 g/mol. The third kappa shape index (κ3) is 5.55. The standard InChI is InChI=1S/C8H6F3NO.C8H7F2NO/c9-8(10,11)6-3-1-5(2-4-6)7(12)13;1-4(11)6-2-5(9)3-7(10)8(6)12/h1-4H,(H2,12,13);2-3,11-12H,1H3. The summed E-state index contributed by atoms with van der Waals surface area (Å²) in [7, 11) is 0.